The molecule has 0 aromatic rings. The summed E-state index contributed by atoms with van der Waals surface area (Å²) >= 11 is 0. The third kappa shape index (κ3) is 4.31. The lowest BCUT2D eigenvalue weighted by atomic mass is 10.2. The lowest BCUT2D eigenvalue weighted by Crippen LogP contribution is -2.49. The minimum atomic E-state index is -0.486. The van der Waals surface area contributed by atoms with Crippen LogP contribution in [0.1, 0.15) is 0 Å². The molecule has 0 bridgehead atoms. The van der Waals surface area contributed by atoms with Crippen molar-refractivity contribution in [3.63, 3.8) is 0 Å². The van der Waals surface area contributed by atoms with E-state index in [2.05, 4.69) is 0 Å². The zero-order valence-corrected chi connectivity index (χ0v) is 7.78. The molecular formula is C7H19N3O. The highest BCUT2D eigenvalue weighted by molar-refractivity contribution is 4.70. The molecule has 0 aromatic heterocycles. The van der Waals surface area contributed by atoms with Gasteiger partial charge >= 0.3 is 0 Å². The van der Waals surface area contributed by atoms with Crippen molar-refractivity contribution in [1.29, 1.82) is 0 Å². The highest BCUT2D eigenvalue weighted by Gasteiger charge is 2.16. The number of rotatable bonds is 4. The van der Waals surface area contributed by atoms with Crippen LogP contribution in [-0.2, 0) is 0 Å². The quantitative estimate of drug-likeness (QED) is 0.506. The average Bonchev–Trinajstić information content (AvgIpc) is 1.84. The molecule has 4 nitrogen and oxygen atoms in total. The smallest absolute Gasteiger partial charge is 0.0950 e. The van der Waals surface area contributed by atoms with Crippen LogP contribution in [0.25, 0.3) is 0 Å². The Morgan fingerprint density at radius 3 is 2.00 bits per heavy atom. The van der Waals surface area contributed by atoms with Gasteiger partial charge in [0.15, 0.2) is 0 Å². The van der Waals surface area contributed by atoms with Gasteiger partial charge in [-0.3, -0.25) is 4.90 Å². The van der Waals surface area contributed by atoms with Crippen molar-refractivity contribution >= 4 is 0 Å². The van der Waals surface area contributed by atoms with E-state index in [1.165, 1.54) is 0 Å². The number of hydrogen-bond donors (Lipinski definition) is 2. The molecular weight excluding hydrogens is 142 g/mol. The van der Waals surface area contributed by atoms with Gasteiger partial charge in [0, 0.05) is 6.54 Å². The summed E-state index contributed by atoms with van der Waals surface area (Å²) < 4.78 is 0. The average molecular weight is 161 g/mol. The first-order chi connectivity index (χ1) is 4.95. The highest BCUT2D eigenvalue weighted by Crippen LogP contribution is 1.94. The third-order valence-electron chi connectivity index (χ3n) is 1.54. The van der Waals surface area contributed by atoms with Crippen molar-refractivity contribution in [3.05, 3.63) is 0 Å². The zero-order chi connectivity index (χ0) is 9.02. The summed E-state index contributed by atoms with van der Waals surface area (Å²) in [6.45, 7) is 0.597. The Hall–Kier alpha value is -0.160. The predicted octanol–water partition coefficient (Wildman–Crippen LogP) is -1.24. The van der Waals surface area contributed by atoms with Crippen molar-refractivity contribution in [2.24, 2.45) is 5.73 Å². The van der Waals surface area contributed by atoms with Gasteiger partial charge in [-0.2, -0.15) is 0 Å². The fourth-order valence-corrected chi connectivity index (χ4v) is 0.826. The van der Waals surface area contributed by atoms with E-state index in [1.807, 2.05) is 33.1 Å². The number of nitrogens with two attached hydrogens (primary N) is 1. The van der Waals surface area contributed by atoms with E-state index < -0.39 is 6.10 Å². The van der Waals surface area contributed by atoms with Crippen LogP contribution >= 0.6 is 0 Å². The molecule has 0 saturated heterocycles. The summed E-state index contributed by atoms with van der Waals surface area (Å²) in [5, 5.41) is 9.45. The molecule has 2 unspecified atom stereocenters. The van der Waals surface area contributed by atoms with Gasteiger partial charge in [-0.05, 0) is 28.2 Å². The van der Waals surface area contributed by atoms with Gasteiger partial charge in [-0.15, -0.1) is 0 Å². The summed E-state index contributed by atoms with van der Waals surface area (Å²) in [6.07, 6.45) is -0.766. The third-order valence-corrected chi connectivity index (χ3v) is 1.54. The van der Waals surface area contributed by atoms with Crippen molar-refractivity contribution in [1.82, 2.24) is 9.80 Å². The van der Waals surface area contributed by atoms with Gasteiger partial charge in [0.2, 0.25) is 0 Å². The van der Waals surface area contributed by atoms with Gasteiger partial charge in [-0.25, -0.2) is 0 Å². The number of aliphatic hydroxyl groups is 1. The fraction of sp³-hybridized carbons (Fsp3) is 1.00. The molecule has 68 valence electrons. The predicted molar refractivity (Wildman–Crippen MR) is 46.2 cm³/mol. The summed E-state index contributed by atoms with van der Waals surface area (Å²) in [7, 11) is 7.52. The van der Waals surface area contributed by atoms with Gasteiger partial charge in [0.25, 0.3) is 0 Å². The van der Waals surface area contributed by atoms with Crippen LogP contribution in [0.3, 0.4) is 0 Å². The van der Waals surface area contributed by atoms with Crippen LogP contribution in [0.4, 0.5) is 0 Å². The van der Waals surface area contributed by atoms with Gasteiger partial charge in [-0.1, -0.05) is 0 Å². The van der Waals surface area contributed by atoms with E-state index >= 15 is 0 Å². The summed E-state index contributed by atoms with van der Waals surface area (Å²) in [4.78, 5) is 3.71. The molecule has 3 N–H and O–H groups in total. The Kier molecular flexibility index (Phi) is 4.60. The van der Waals surface area contributed by atoms with Crippen molar-refractivity contribution in [3.8, 4) is 0 Å². The molecule has 4 heteroatoms. The maximum absolute atomic E-state index is 9.45. The van der Waals surface area contributed by atoms with E-state index in [4.69, 9.17) is 5.73 Å². The van der Waals surface area contributed by atoms with Crippen molar-refractivity contribution < 1.29 is 5.11 Å². The molecule has 11 heavy (non-hydrogen) atoms. The van der Waals surface area contributed by atoms with Gasteiger partial charge in [0.05, 0.1) is 12.3 Å². The lowest BCUT2D eigenvalue weighted by Gasteiger charge is -2.26. The summed E-state index contributed by atoms with van der Waals surface area (Å²) in [5.41, 5.74) is 5.66. The van der Waals surface area contributed by atoms with Crippen LogP contribution in [0.5, 0.6) is 0 Å². The molecule has 0 rings (SSSR count). The zero-order valence-electron chi connectivity index (χ0n) is 7.78. The standard InChI is InChI=1S/C7H19N3O/c1-9(2)5-6(11)7(8)10(3)4/h6-7,11H,5,8H2,1-4H3. The Morgan fingerprint density at radius 2 is 1.73 bits per heavy atom. The van der Waals surface area contributed by atoms with E-state index in [1.54, 1.807) is 4.90 Å². The number of hydrogen-bond acceptors (Lipinski definition) is 4. The molecule has 0 spiro atoms. The van der Waals surface area contributed by atoms with Crippen LogP contribution in [-0.4, -0.2) is 61.9 Å². The molecule has 0 radical (unpaired) electrons. The molecule has 2 atom stereocenters. The van der Waals surface area contributed by atoms with Crippen LogP contribution in [0.15, 0.2) is 0 Å². The Labute approximate surface area is 68.6 Å². The van der Waals surface area contributed by atoms with Gasteiger partial charge < -0.3 is 15.7 Å². The number of aliphatic hydroxyl groups excluding tert-OH is 1. The molecule has 0 aliphatic rings. The monoisotopic (exact) mass is 161 g/mol. The van der Waals surface area contributed by atoms with E-state index in [0.29, 0.717) is 6.54 Å². The summed E-state index contributed by atoms with van der Waals surface area (Å²) in [5.74, 6) is 0. The summed E-state index contributed by atoms with van der Waals surface area (Å²) in [6, 6.07) is 0. The second kappa shape index (κ2) is 4.66. The molecule has 0 heterocycles. The molecule has 0 aromatic carbocycles. The minimum Gasteiger partial charge on any atom is -0.389 e. The molecule has 0 aliphatic carbocycles. The molecule has 0 saturated carbocycles. The minimum absolute atomic E-state index is 0.280. The molecule has 0 aliphatic heterocycles. The Bertz CT molecular complexity index is 106. The Morgan fingerprint density at radius 1 is 1.27 bits per heavy atom. The normalized spacial score (nSPS) is 17.5. The first-order valence-electron chi connectivity index (χ1n) is 3.70. The largest absolute Gasteiger partial charge is 0.389 e. The topological polar surface area (TPSA) is 52.7 Å². The first kappa shape index (κ1) is 10.8. The van der Waals surface area contributed by atoms with Crippen LogP contribution < -0.4 is 5.73 Å². The van der Waals surface area contributed by atoms with E-state index in [9.17, 15) is 5.11 Å². The maximum atomic E-state index is 9.45. The van der Waals surface area contributed by atoms with Gasteiger partial charge in [0.1, 0.15) is 0 Å². The Balaban J connectivity index is 3.73. The number of likely N-dealkylation sites (N-methyl/N-ethyl adjacent to an activating group) is 2. The van der Waals surface area contributed by atoms with Crippen molar-refractivity contribution in [2.45, 2.75) is 12.3 Å². The molecule has 0 amide bonds. The molecule has 0 fully saturated rings. The second-order valence-corrected chi connectivity index (χ2v) is 3.28. The number of nitrogens with zero attached hydrogens (tertiary/aromatic N) is 2. The van der Waals surface area contributed by atoms with E-state index in [-0.39, 0.29) is 6.17 Å². The van der Waals surface area contributed by atoms with Crippen molar-refractivity contribution in [2.75, 3.05) is 34.7 Å². The highest BCUT2D eigenvalue weighted by atomic mass is 16.3. The maximum Gasteiger partial charge on any atom is 0.0950 e. The van der Waals surface area contributed by atoms with Crippen LogP contribution in [0, 0.1) is 0 Å². The fourth-order valence-electron chi connectivity index (χ4n) is 0.826. The van der Waals surface area contributed by atoms with E-state index in [0.717, 1.165) is 0 Å². The second-order valence-electron chi connectivity index (χ2n) is 3.28. The first-order valence-corrected chi connectivity index (χ1v) is 3.70. The lowest BCUT2D eigenvalue weighted by molar-refractivity contribution is 0.0579. The SMILES string of the molecule is CN(C)CC(O)C(N)N(C)C. The van der Waals surface area contributed by atoms with Crippen LogP contribution in [0.2, 0.25) is 0 Å².